The third kappa shape index (κ3) is 2.33. The molecule has 3 heterocycles. The lowest BCUT2D eigenvalue weighted by Gasteiger charge is -2.22. The van der Waals surface area contributed by atoms with Crippen molar-refractivity contribution in [3.8, 4) is 5.75 Å². The lowest BCUT2D eigenvalue weighted by Crippen LogP contribution is -2.37. The molecule has 1 aliphatic rings. The van der Waals surface area contributed by atoms with Gasteiger partial charge in [-0.05, 0) is 35.0 Å². The fraction of sp³-hybridized carbons (Fsp3) is 0.400. The molecule has 7 nitrogen and oxygen atoms in total. The van der Waals surface area contributed by atoms with Gasteiger partial charge in [0.15, 0.2) is 5.82 Å². The Balaban J connectivity index is 1.46. The van der Waals surface area contributed by atoms with Crippen LogP contribution in [0.15, 0.2) is 24.3 Å². The first-order chi connectivity index (χ1) is 10.8. The summed E-state index contributed by atoms with van der Waals surface area (Å²) in [6, 6.07) is 8.58. The van der Waals surface area contributed by atoms with Crippen molar-refractivity contribution in [2.45, 2.75) is 32.0 Å². The summed E-state index contributed by atoms with van der Waals surface area (Å²) < 4.78 is 7.28. The molecule has 7 heteroatoms. The van der Waals surface area contributed by atoms with E-state index in [0.717, 1.165) is 54.1 Å². The van der Waals surface area contributed by atoms with Crippen molar-refractivity contribution in [1.82, 2.24) is 30.5 Å². The zero-order valence-corrected chi connectivity index (χ0v) is 12.4. The highest BCUT2D eigenvalue weighted by atomic mass is 16.5. The van der Waals surface area contributed by atoms with Crippen LogP contribution < -0.4 is 10.1 Å². The highest BCUT2D eigenvalue weighted by molar-refractivity contribution is 5.86. The quantitative estimate of drug-likeness (QED) is 0.758. The van der Waals surface area contributed by atoms with Gasteiger partial charge in [-0.1, -0.05) is 6.07 Å². The van der Waals surface area contributed by atoms with Gasteiger partial charge in [-0.15, -0.1) is 5.10 Å². The Morgan fingerprint density at radius 3 is 3.32 bits per heavy atom. The maximum Gasteiger partial charge on any atom is 0.151 e. The lowest BCUT2D eigenvalue weighted by atomic mass is 10.1. The van der Waals surface area contributed by atoms with Gasteiger partial charge < -0.3 is 15.0 Å². The number of aromatic nitrogens is 5. The Hall–Kier alpha value is -2.41. The highest BCUT2D eigenvalue weighted by Gasteiger charge is 2.20. The number of benzene rings is 1. The maximum atomic E-state index is 5.40. The number of tetrazole rings is 1. The molecular weight excluding hydrogens is 280 g/mol. The van der Waals surface area contributed by atoms with Gasteiger partial charge in [-0.3, -0.25) is 0 Å². The molecule has 0 fully saturated rings. The largest absolute Gasteiger partial charge is 0.496 e. The third-order valence-electron chi connectivity index (χ3n) is 4.20. The number of aromatic amines is 1. The molecule has 1 atom stereocenters. The summed E-state index contributed by atoms with van der Waals surface area (Å²) in [5, 5.41) is 16.4. The van der Waals surface area contributed by atoms with E-state index in [9.17, 15) is 0 Å². The van der Waals surface area contributed by atoms with Crippen LogP contribution in [0.3, 0.4) is 0 Å². The van der Waals surface area contributed by atoms with E-state index in [1.165, 1.54) is 0 Å². The van der Waals surface area contributed by atoms with Crippen molar-refractivity contribution in [2.24, 2.45) is 0 Å². The van der Waals surface area contributed by atoms with E-state index in [0.29, 0.717) is 6.04 Å². The number of hydrogen-bond donors (Lipinski definition) is 2. The van der Waals surface area contributed by atoms with E-state index in [4.69, 9.17) is 4.74 Å². The van der Waals surface area contributed by atoms with Crippen molar-refractivity contribution >= 4 is 10.9 Å². The zero-order valence-electron chi connectivity index (χ0n) is 12.4. The van der Waals surface area contributed by atoms with Crippen LogP contribution in [0.4, 0.5) is 0 Å². The van der Waals surface area contributed by atoms with Crippen LogP contribution in [0.1, 0.15) is 17.9 Å². The number of rotatable bonds is 4. The lowest BCUT2D eigenvalue weighted by molar-refractivity contribution is 0.355. The first-order valence-corrected chi connectivity index (χ1v) is 7.46. The number of fused-ring (bicyclic) bond motifs is 2. The van der Waals surface area contributed by atoms with Crippen molar-refractivity contribution in [3.05, 3.63) is 35.8 Å². The van der Waals surface area contributed by atoms with Crippen molar-refractivity contribution < 1.29 is 4.74 Å². The van der Waals surface area contributed by atoms with Crippen molar-refractivity contribution in [3.63, 3.8) is 0 Å². The number of aryl methyl sites for hydroxylation is 1. The Kier molecular flexibility index (Phi) is 3.27. The van der Waals surface area contributed by atoms with Gasteiger partial charge >= 0.3 is 0 Å². The molecule has 0 saturated carbocycles. The monoisotopic (exact) mass is 298 g/mol. The van der Waals surface area contributed by atoms with Crippen LogP contribution in [0.5, 0.6) is 5.75 Å². The summed E-state index contributed by atoms with van der Waals surface area (Å²) in [5.41, 5.74) is 2.25. The van der Waals surface area contributed by atoms with E-state index in [1.54, 1.807) is 7.11 Å². The van der Waals surface area contributed by atoms with E-state index < -0.39 is 0 Å². The summed E-state index contributed by atoms with van der Waals surface area (Å²) in [4.78, 5) is 3.43. The summed E-state index contributed by atoms with van der Waals surface area (Å²) in [6.07, 6.45) is 1.98. The molecule has 0 amide bonds. The normalized spacial score (nSPS) is 17.6. The fourth-order valence-corrected chi connectivity index (χ4v) is 3.03. The molecule has 1 aliphatic heterocycles. The Morgan fingerprint density at radius 2 is 2.41 bits per heavy atom. The Morgan fingerprint density at radius 1 is 1.45 bits per heavy atom. The van der Waals surface area contributed by atoms with E-state index in [2.05, 4.69) is 38.0 Å². The Labute approximate surface area is 127 Å². The van der Waals surface area contributed by atoms with Gasteiger partial charge in [-0.25, -0.2) is 4.68 Å². The molecule has 3 aromatic rings. The smallest absolute Gasteiger partial charge is 0.151 e. The molecule has 22 heavy (non-hydrogen) atoms. The van der Waals surface area contributed by atoms with Crippen LogP contribution in [-0.2, 0) is 19.5 Å². The number of nitrogens with one attached hydrogen (secondary N) is 2. The molecule has 2 N–H and O–H groups in total. The molecule has 0 spiro atoms. The summed E-state index contributed by atoms with van der Waals surface area (Å²) in [6.45, 7) is 1.62. The van der Waals surface area contributed by atoms with Crippen LogP contribution >= 0.6 is 0 Å². The molecule has 1 aromatic carbocycles. The van der Waals surface area contributed by atoms with Crippen LogP contribution in [0.2, 0.25) is 0 Å². The van der Waals surface area contributed by atoms with Crippen LogP contribution in [0.25, 0.3) is 10.9 Å². The molecule has 114 valence electrons. The second-order valence-electron chi connectivity index (χ2n) is 5.61. The molecule has 2 aromatic heterocycles. The molecule has 0 aliphatic carbocycles. The SMILES string of the molecule is COc1cccc2[nH]c(CNC3CCc4nnnn4C3)cc12. The van der Waals surface area contributed by atoms with Gasteiger partial charge in [-0.2, -0.15) is 0 Å². The molecule has 0 bridgehead atoms. The number of hydrogen-bond acceptors (Lipinski definition) is 5. The van der Waals surface area contributed by atoms with E-state index in [1.807, 2.05) is 16.8 Å². The summed E-state index contributed by atoms with van der Waals surface area (Å²) >= 11 is 0. The minimum Gasteiger partial charge on any atom is -0.496 e. The van der Waals surface area contributed by atoms with Gasteiger partial charge in [0.05, 0.1) is 13.7 Å². The average Bonchev–Trinajstić information content (AvgIpc) is 3.17. The first kappa shape index (κ1) is 13.3. The minimum atomic E-state index is 0.393. The molecule has 0 saturated heterocycles. The van der Waals surface area contributed by atoms with Gasteiger partial charge in [0.25, 0.3) is 0 Å². The zero-order chi connectivity index (χ0) is 14.9. The second kappa shape index (κ2) is 5.42. The predicted molar refractivity (Wildman–Crippen MR) is 81.6 cm³/mol. The van der Waals surface area contributed by atoms with Gasteiger partial charge in [0.2, 0.25) is 0 Å². The number of ether oxygens (including phenoxy) is 1. The highest BCUT2D eigenvalue weighted by Crippen LogP contribution is 2.26. The predicted octanol–water partition coefficient (Wildman–Crippen LogP) is 1.27. The average molecular weight is 298 g/mol. The fourth-order valence-electron chi connectivity index (χ4n) is 3.03. The van der Waals surface area contributed by atoms with Crippen LogP contribution in [0, 0.1) is 0 Å². The van der Waals surface area contributed by atoms with Gasteiger partial charge in [0, 0.05) is 35.6 Å². The van der Waals surface area contributed by atoms with Crippen molar-refractivity contribution in [1.29, 1.82) is 0 Å². The maximum absolute atomic E-state index is 5.40. The second-order valence-corrected chi connectivity index (χ2v) is 5.61. The van der Waals surface area contributed by atoms with Crippen molar-refractivity contribution in [2.75, 3.05) is 7.11 Å². The van der Waals surface area contributed by atoms with E-state index >= 15 is 0 Å². The van der Waals surface area contributed by atoms with Crippen LogP contribution in [-0.4, -0.2) is 38.3 Å². The molecule has 0 radical (unpaired) electrons. The summed E-state index contributed by atoms with van der Waals surface area (Å²) in [5.74, 6) is 1.88. The minimum absolute atomic E-state index is 0.393. The topological polar surface area (TPSA) is 80.7 Å². The van der Waals surface area contributed by atoms with Gasteiger partial charge in [0.1, 0.15) is 5.75 Å². The van der Waals surface area contributed by atoms with E-state index in [-0.39, 0.29) is 0 Å². The molecule has 1 unspecified atom stereocenters. The number of H-pyrrole nitrogens is 1. The first-order valence-electron chi connectivity index (χ1n) is 7.46. The third-order valence-corrected chi connectivity index (χ3v) is 4.20. The molecular formula is C15H18N6O. The molecule has 4 rings (SSSR count). The summed E-state index contributed by atoms with van der Waals surface area (Å²) in [7, 11) is 1.70. The standard InChI is InChI=1S/C15H18N6O/c1-22-14-4-2-3-13-12(14)7-11(17-13)8-16-10-5-6-15-18-19-20-21(15)9-10/h2-4,7,10,16-17H,5-6,8-9H2,1H3. The number of methoxy groups -OCH3 is 1. The Bertz CT molecular complexity index is 792. The number of nitrogens with zero attached hydrogens (tertiary/aromatic N) is 4.